The van der Waals surface area contributed by atoms with E-state index in [4.69, 9.17) is 14.4 Å². The lowest BCUT2D eigenvalue weighted by Gasteiger charge is -2.14. The van der Waals surface area contributed by atoms with Crippen molar-refractivity contribution in [2.24, 2.45) is 0 Å². The van der Waals surface area contributed by atoms with Crippen LogP contribution in [0, 0.1) is 0 Å². The molecule has 4 heterocycles. The Labute approximate surface area is 261 Å². The van der Waals surface area contributed by atoms with E-state index in [9.17, 15) is 0 Å². The highest BCUT2D eigenvalue weighted by molar-refractivity contribution is 7.26. The average molecular weight is 594 g/mol. The molecule has 0 N–H and O–H groups in total. The molecule has 10 aromatic rings. The van der Waals surface area contributed by atoms with Crippen LogP contribution < -0.4 is 0 Å². The summed E-state index contributed by atoms with van der Waals surface area (Å²) in [5.41, 5.74) is 9.00. The largest absolute Gasteiger partial charge is 0.456 e. The van der Waals surface area contributed by atoms with E-state index >= 15 is 0 Å². The molecule has 10 rings (SSSR count). The molecule has 45 heavy (non-hydrogen) atoms. The minimum Gasteiger partial charge on any atom is -0.456 e. The molecule has 0 amide bonds. The van der Waals surface area contributed by atoms with Crippen molar-refractivity contribution >= 4 is 75.4 Å². The molecule has 0 aliphatic carbocycles. The van der Waals surface area contributed by atoms with E-state index in [1.165, 1.54) is 15.5 Å². The second-order valence-corrected chi connectivity index (χ2v) is 12.4. The Bertz CT molecular complexity index is 2770. The van der Waals surface area contributed by atoms with Gasteiger partial charge in [-0.1, -0.05) is 97.1 Å². The van der Waals surface area contributed by atoms with Crippen molar-refractivity contribution < 1.29 is 4.42 Å². The molecule has 0 saturated heterocycles. The lowest BCUT2D eigenvalue weighted by atomic mass is 10.1. The van der Waals surface area contributed by atoms with Gasteiger partial charge in [-0.05, 0) is 36.4 Å². The molecule has 0 aliphatic rings. The van der Waals surface area contributed by atoms with Crippen molar-refractivity contribution in [3.63, 3.8) is 0 Å². The van der Waals surface area contributed by atoms with Crippen LogP contribution in [-0.4, -0.2) is 14.5 Å². The van der Waals surface area contributed by atoms with Gasteiger partial charge in [0, 0.05) is 48.8 Å². The molecular weight excluding hydrogens is 571 g/mol. The Balaban J connectivity index is 1.30. The summed E-state index contributed by atoms with van der Waals surface area (Å²) in [6.07, 6.45) is 0. The summed E-state index contributed by atoms with van der Waals surface area (Å²) in [6, 6.07) is 48.8. The van der Waals surface area contributed by atoms with Crippen LogP contribution >= 0.6 is 11.3 Å². The normalized spacial score (nSPS) is 12.0. The summed E-state index contributed by atoms with van der Waals surface area (Å²) in [5, 5.41) is 5.79. The molecule has 0 aliphatic heterocycles. The van der Waals surface area contributed by atoms with Crippen molar-refractivity contribution in [1.82, 2.24) is 14.5 Å². The van der Waals surface area contributed by atoms with E-state index < -0.39 is 0 Å². The molecule has 4 nitrogen and oxygen atoms in total. The summed E-state index contributed by atoms with van der Waals surface area (Å²) in [6.45, 7) is 0. The number of aromatic nitrogens is 3. The second kappa shape index (κ2) is 9.36. The summed E-state index contributed by atoms with van der Waals surface area (Å²) < 4.78 is 11.0. The second-order valence-electron chi connectivity index (χ2n) is 11.4. The Morgan fingerprint density at radius 1 is 0.533 bits per heavy atom. The zero-order valence-electron chi connectivity index (χ0n) is 23.9. The zero-order valence-corrected chi connectivity index (χ0v) is 24.8. The van der Waals surface area contributed by atoms with Crippen molar-refractivity contribution in [1.29, 1.82) is 0 Å². The van der Waals surface area contributed by atoms with Crippen LogP contribution in [0.1, 0.15) is 0 Å². The van der Waals surface area contributed by atoms with Gasteiger partial charge in [-0.3, -0.25) is 0 Å². The average Bonchev–Trinajstić information content (AvgIpc) is 3.76. The smallest absolute Gasteiger partial charge is 0.162 e. The van der Waals surface area contributed by atoms with Gasteiger partial charge in [0.05, 0.1) is 32.6 Å². The first kappa shape index (κ1) is 24.6. The fourth-order valence-corrected chi connectivity index (χ4v) is 7.96. The first-order chi connectivity index (χ1) is 22.3. The molecule has 210 valence electrons. The summed E-state index contributed by atoms with van der Waals surface area (Å²) in [5.74, 6) is 0.705. The minimum absolute atomic E-state index is 0.705. The number of benzene rings is 6. The summed E-state index contributed by atoms with van der Waals surface area (Å²) in [4.78, 5) is 10.6. The molecular formula is C40H23N3OS. The highest BCUT2D eigenvalue weighted by atomic mass is 32.1. The molecule has 5 heteroatoms. The molecule has 0 bridgehead atoms. The van der Waals surface area contributed by atoms with E-state index in [1.54, 1.807) is 11.3 Å². The van der Waals surface area contributed by atoms with Gasteiger partial charge >= 0.3 is 0 Å². The zero-order chi connectivity index (χ0) is 29.5. The van der Waals surface area contributed by atoms with Gasteiger partial charge in [-0.25, -0.2) is 9.97 Å². The Morgan fingerprint density at radius 2 is 1.27 bits per heavy atom. The van der Waals surface area contributed by atoms with Crippen LogP contribution in [0.3, 0.4) is 0 Å². The number of rotatable bonds is 3. The third kappa shape index (κ3) is 3.59. The van der Waals surface area contributed by atoms with Crippen LogP contribution in [0.25, 0.3) is 92.4 Å². The maximum Gasteiger partial charge on any atom is 0.162 e. The predicted octanol–water partition coefficient (Wildman–Crippen LogP) is 11.2. The van der Waals surface area contributed by atoms with Crippen LogP contribution in [0.2, 0.25) is 0 Å². The Morgan fingerprint density at radius 3 is 2.18 bits per heavy atom. The maximum absolute atomic E-state index is 6.37. The lowest BCUT2D eigenvalue weighted by Crippen LogP contribution is -2.00. The number of thiophene rings is 1. The van der Waals surface area contributed by atoms with Crippen LogP contribution in [0.5, 0.6) is 0 Å². The van der Waals surface area contributed by atoms with Gasteiger partial charge in [0.1, 0.15) is 11.2 Å². The third-order valence-corrected chi connectivity index (χ3v) is 9.99. The van der Waals surface area contributed by atoms with Gasteiger partial charge in [0.2, 0.25) is 0 Å². The van der Waals surface area contributed by atoms with E-state index in [0.717, 1.165) is 71.1 Å². The Kier molecular flexibility index (Phi) is 5.12. The molecule has 0 atom stereocenters. The first-order valence-corrected chi connectivity index (χ1v) is 15.8. The van der Waals surface area contributed by atoms with Gasteiger partial charge in [0.15, 0.2) is 5.82 Å². The topological polar surface area (TPSA) is 43.9 Å². The quantitative estimate of drug-likeness (QED) is 0.205. The third-order valence-electron chi connectivity index (χ3n) is 8.82. The Hall–Kier alpha value is -5.78. The standard InChI is InChI=1S/C40H23N3OS/c1-2-12-24(13-3-1)37-39-38(28-17-7-11-21-36(28)45-39)42-40(41-37)27-16-5-9-19-32(27)43-31-18-8-4-14-25(31)29-22-30-26-15-6-10-20-34(26)44-35(30)23-33(29)43/h1-23H. The van der Waals surface area contributed by atoms with Crippen LogP contribution in [0.15, 0.2) is 144 Å². The monoisotopic (exact) mass is 593 g/mol. The van der Waals surface area contributed by atoms with Crippen molar-refractivity contribution in [3.05, 3.63) is 140 Å². The molecule has 0 radical (unpaired) electrons. The minimum atomic E-state index is 0.705. The predicted molar refractivity (Wildman–Crippen MR) is 187 cm³/mol. The van der Waals surface area contributed by atoms with Crippen LogP contribution in [0.4, 0.5) is 0 Å². The van der Waals surface area contributed by atoms with Crippen LogP contribution in [-0.2, 0) is 0 Å². The van der Waals surface area contributed by atoms with Gasteiger partial charge in [-0.15, -0.1) is 11.3 Å². The summed E-state index contributed by atoms with van der Waals surface area (Å²) >= 11 is 1.75. The molecule has 4 aromatic heterocycles. The maximum atomic E-state index is 6.37. The van der Waals surface area contributed by atoms with Crippen molar-refractivity contribution in [3.8, 4) is 28.3 Å². The highest BCUT2D eigenvalue weighted by Crippen LogP contribution is 2.42. The van der Waals surface area contributed by atoms with E-state index in [1.807, 2.05) is 18.2 Å². The van der Waals surface area contributed by atoms with E-state index in [-0.39, 0.29) is 0 Å². The lowest BCUT2D eigenvalue weighted by molar-refractivity contribution is 0.669. The number of nitrogens with zero attached hydrogens (tertiary/aromatic N) is 3. The SMILES string of the molecule is c1ccc(-c2nc(-c3ccccc3-n3c4ccccc4c4cc5c(cc43)oc3ccccc35)nc3c2sc2ccccc23)cc1. The molecule has 0 fully saturated rings. The highest BCUT2D eigenvalue weighted by Gasteiger charge is 2.21. The van der Waals surface area contributed by atoms with Gasteiger partial charge in [-0.2, -0.15) is 0 Å². The van der Waals surface area contributed by atoms with E-state index in [0.29, 0.717) is 5.82 Å². The molecule has 6 aromatic carbocycles. The van der Waals surface area contributed by atoms with Crippen molar-refractivity contribution in [2.45, 2.75) is 0 Å². The number of hydrogen-bond donors (Lipinski definition) is 0. The van der Waals surface area contributed by atoms with Gasteiger partial charge < -0.3 is 8.98 Å². The fraction of sp³-hybridized carbons (Fsp3) is 0. The molecule has 0 saturated carbocycles. The van der Waals surface area contributed by atoms with Crippen molar-refractivity contribution in [2.75, 3.05) is 0 Å². The summed E-state index contributed by atoms with van der Waals surface area (Å²) in [7, 11) is 0. The number of para-hydroxylation sites is 3. The van der Waals surface area contributed by atoms with Gasteiger partial charge in [0.25, 0.3) is 0 Å². The number of hydrogen-bond acceptors (Lipinski definition) is 4. The van der Waals surface area contributed by atoms with E-state index in [2.05, 4.69) is 126 Å². The fourth-order valence-electron chi connectivity index (χ4n) is 6.81. The number of furan rings is 1. The molecule has 0 unspecified atom stereocenters. The number of fused-ring (bicyclic) bond motifs is 9. The molecule has 0 spiro atoms. The first-order valence-electron chi connectivity index (χ1n) is 15.0.